The van der Waals surface area contributed by atoms with Gasteiger partial charge in [0.25, 0.3) is 0 Å². The van der Waals surface area contributed by atoms with Crippen molar-refractivity contribution in [2.75, 3.05) is 12.8 Å². The maximum Gasteiger partial charge on any atom is 0.240 e. The van der Waals surface area contributed by atoms with E-state index < -0.39 is 39.6 Å². The van der Waals surface area contributed by atoms with Crippen LogP contribution in [0.4, 0.5) is 13.2 Å². The van der Waals surface area contributed by atoms with Crippen LogP contribution in [0.15, 0.2) is 36.4 Å². The molecule has 0 aromatic heterocycles. The smallest absolute Gasteiger partial charge is 0.240 e. The highest BCUT2D eigenvalue weighted by atomic mass is 32.2. The number of piperidine rings is 1. The van der Waals surface area contributed by atoms with Gasteiger partial charge in [0.2, 0.25) is 15.9 Å². The predicted molar refractivity (Wildman–Crippen MR) is 121 cm³/mol. The van der Waals surface area contributed by atoms with E-state index in [1.54, 1.807) is 17.0 Å². The van der Waals surface area contributed by atoms with Crippen molar-refractivity contribution in [1.29, 1.82) is 0 Å². The number of carbonyl (C=O) groups excluding carboxylic acids is 1. The van der Waals surface area contributed by atoms with Crippen LogP contribution >= 0.6 is 0 Å². The Kier molecular flexibility index (Phi) is 5.94. The fourth-order valence-electron chi connectivity index (χ4n) is 5.29. The van der Waals surface area contributed by atoms with Gasteiger partial charge in [-0.3, -0.25) is 4.79 Å². The van der Waals surface area contributed by atoms with Gasteiger partial charge in [0.15, 0.2) is 0 Å². The number of hydrogen-bond donors (Lipinski definition) is 2. The molecule has 2 N–H and O–H groups in total. The van der Waals surface area contributed by atoms with Crippen LogP contribution in [0.3, 0.4) is 0 Å². The maximum atomic E-state index is 15.6. The number of fused-ring (bicyclic) bond motifs is 1. The molecule has 10 heteroatoms. The van der Waals surface area contributed by atoms with Crippen molar-refractivity contribution in [2.45, 2.75) is 49.9 Å². The Morgan fingerprint density at radius 1 is 1.15 bits per heavy atom. The van der Waals surface area contributed by atoms with E-state index in [1.165, 1.54) is 6.07 Å². The highest BCUT2D eigenvalue weighted by Crippen LogP contribution is 2.47. The maximum absolute atomic E-state index is 15.6. The van der Waals surface area contributed by atoms with Crippen molar-refractivity contribution < 1.29 is 26.4 Å². The first-order chi connectivity index (χ1) is 16.1. The molecule has 0 radical (unpaired) electrons. The highest BCUT2D eigenvalue weighted by Gasteiger charge is 2.55. The fraction of sp³-hybridized carbons (Fsp3) is 0.458. The van der Waals surface area contributed by atoms with Crippen molar-refractivity contribution in [1.82, 2.24) is 14.9 Å². The molecule has 1 aliphatic carbocycles. The van der Waals surface area contributed by atoms with E-state index in [0.717, 1.165) is 37.4 Å². The normalized spacial score (nSPS) is 28.2. The van der Waals surface area contributed by atoms with Crippen molar-refractivity contribution in [3.8, 4) is 11.1 Å². The van der Waals surface area contributed by atoms with E-state index in [2.05, 4.69) is 10.0 Å². The number of hydrogen-bond acceptors (Lipinski definition) is 4. The Bertz CT molecular complexity index is 1210. The van der Waals surface area contributed by atoms with Crippen LogP contribution in [0.25, 0.3) is 11.1 Å². The molecule has 3 fully saturated rings. The summed E-state index contributed by atoms with van der Waals surface area (Å²) in [5.41, 5.74) is 0.369. The second kappa shape index (κ2) is 8.66. The van der Waals surface area contributed by atoms with E-state index in [1.807, 2.05) is 0 Å². The number of rotatable bonds is 6. The SMILES string of the molecule is CS(=O)(=O)NC1CC2CC2N(C(=O)[C@H]2CCN2)C1Cc1cccc(-c2cc(F)cc(F)c2)c1F. The number of halogens is 3. The highest BCUT2D eigenvalue weighted by molar-refractivity contribution is 7.88. The lowest BCUT2D eigenvalue weighted by atomic mass is 9.89. The second-order valence-electron chi connectivity index (χ2n) is 9.54. The Balaban J connectivity index is 1.51. The minimum absolute atomic E-state index is 0.0149. The lowest BCUT2D eigenvalue weighted by Crippen LogP contribution is -2.63. The molecular weight excluding hydrogens is 467 g/mol. The number of carbonyl (C=O) groups is 1. The molecule has 182 valence electrons. The molecule has 0 spiro atoms. The molecule has 34 heavy (non-hydrogen) atoms. The third-order valence-corrected chi connectivity index (χ3v) is 7.77. The van der Waals surface area contributed by atoms with Crippen molar-refractivity contribution in [3.63, 3.8) is 0 Å². The van der Waals surface area contributed by atoms with Crippen LogP contribution in [0, 0.1) is 23.4 Å². The number of amides is 1. The summed E-state index contributed by atoms with van der Waals surface area (Å²) >= 11 is 0. The van der Waals surface area contributed by atoms with Gasteiger partial charge in [-0.25, -0.2) is 26.3 Å². The zero-order valence-electron chi connectivity index (χ0n) is 18.6. The summed E-state index contributed by atoms with van der Waals surface area (Å²) in [7, 11) is -3.57. The van der Waals surface area contributed by atoms with E-state index in [0.29, 0.717) is 12.8 Å². The zero-order chi connectivity index (χ0) is 24.2. The summed E-state index contributed by atoms with van der Waals surface area (Å²) in [5.74, 6) is -2.14. The molecule has 3 aliphatic rings. The largest absolute Gasteiger partial charge is 0.333 e. The van der Waals surface area contributed by atoms with Crippen molar-refractivity contribution in [2.24, 2.45) is 5.92 Å². The van der Waals surface area contributed by atoms with Gasteiger partial charge < -0.3 is 10.2 Å². The first-order valence-corrected chi connectivity index (χ1v) is 13.3. The number of nitrogens with zero attached hydrogens (tertiary/aromatic N) is 1. The van der Waals surface area contributed by atoms with Gasteiger partial charge in [-0.15, -0.1) is 0 Å². The number of sulfonamides is 1. The van der Waals surface area contributed by atoms with E-state index in [-0.39, 0.29) is 47.0 Å². The van der Waals surface area contributed by atoms with Crippen LogP contribution in [0.2, 0.25) is 0 Å². The van der Waals surface area contributed by atoms with Crippen LogP contribution < -0.4 is 10.0 Å². The quantitative estimate of drug-likeness (QED) is 0.649. The summed E-state index contributed by atoms with van der Waals surface area (Å²) in [5, 5.41) is 3.11. The lowest BCUT2D eigenvalue weighted by Gasteiger charge is -2.44. The minimum atomic E-state index is -3.57. The van der Waals surface area contributed by atoms with E-state index >= 15 is 4.39 Å². The average molecular weight is 494 g/mol. The Hall–Kier alpha value is -2.43. The molecule has 2 heterocycles. The van der Waals surface area contributed by atoms with Gasteiger partial charge >= 0.3 is 0 Å². The summed E-state index contributed by atoms with van der Waals surface area (Å²) in [6, 6.07) is 6.01. The van der Waals surface area contributed by atoms with Gasteiger partial charge in [-0.1, -0.05) is 18.2 Å². The first-order valence-electron chi connectivity index (χ1n) is 11.4. The molecule has 2 aliphatic heterocycles. The summed E-state index contributed by atoms with van der Waals surface area (Å²) in [6.45, 7) is 0.745. The number of likely N-dealkylation sites (tertiary alicyclic amines) is 1. The Morgan fingerprint density at radius 3 is 2.47 bits per heavy atom. The van der Waals surface area contributed by atoms with Crippen molar-refractivity contribution >= 4 is 15.9 Å². The minimum Gasteiger partial charge on any atom is -0.333 e. The molecule has 0 bridgehead atoms. The number of nitrogens with one attached hydrogen (secondary N) is 2. The Labute approximate surface area is 196 Å². The molecule has 5 rings (SSSR count). The zero-order valence-corrected chi connectivity index (χ0v) is 19.4. The summed E-state index contributed by atoms with van der Waals surface area (Å²) in [4.78, 5) is 15.0. The van der Waals surface area contributed by atoms with E-state index in [4.69, 9.17) is 0 Å². The topological polar surface area (TPSA) is 78.5 Å². The fourth-order valence-corrected chi connectivity index (χ4v) is 6.10. The average Bonchev–Trinajstić information content (AvgIpc) is 3.45. The predicted octanol–water partition coefficient (Wildman–Crippen LogP) is 2.58. The molecule has 2 saturated heterocycles. The van der Waals surface area contributed by atoms with Gasteiger partial charge in [-0.05, 0) is 61.4 Å². The summed E-state index contributed by atoms with van der Waals surface area (Å²) < 4.78 is 70.0. The molecule has 1 amide bonds. The monoisotopic (exact) mass is 493 g/mol. The summed E-state index contributed by atoms with van der Waals surface area (Å²) in [6.07, 6.45) is 3.22. The van der Waals surface area contributed by atoms with Crippen LogP contribution in [-0.2, 0) is 21.2 Å². The lowest BCUT2D eigenvalue weighted by molar-refractivity contribution is -0.140. The third kappa shape index (κ3) is 4.58. The van der Waals surface area contributed by atoms with Gasteiger partial charge in [0.1, 0.15) is 17.5 Å². The van der Waals surface area contributed by atoms with Gasteiger partial charge in [0.05, 0.1) is 18.3 Å². The molecule has 4 unspecified atom stereocenters. The third-order valence-electron chi connectivity index (χ3n) is 7.04. The molecular formula is C24H26F3N3O3S. The molecule has 5 atom stereocenters. The van der Waals surface area contributed by atoms with Crippen molar-refractivity contribution in [3.05, 3.63) is 59.4 Å². The first kappa shape index (κ1) is 23.3. The molecule has 1 saturated carbocycles. The van der Waals surface area contributed by atoms with Gasteiger partial charge in [0, 0.05) is 23.7 Å². The Morgan fingerprint density at radius 2 is 1.85 bits per heavy atom. The van der Waals surface area contributed by atoms with Crippen LogP contribution in [-0.4, -0.2) is 56.2 Å². The number of benzene rings is 2. The molecule has 2 aromatic carbocycles. The molecule has 2 aromatic rings. The van der Waals surface area contributed by atoms with E-state index in [9.17, 15) is 22.0 Å². The van der Waals surface area contributed by atoms with Gasteiger partial charge in [-0.2, -0.15) is 0 Å². The molecule has 6 nitrogen and oxygen atoms in total. The second-order valence-corrected chi connectivity index (χ2v) is 11.3. The standard InChI is InChI=1S/C24H26F3N3O3S/c1-34(32,33)29-20-9-15-11-21(15)30(24(31)19-5-6-28-19)22(20)10-13-3-2-4-18(23(13)27)14-7-16(25)12-17(26)8-14/h2-4,7-8,12,15,19-22,28-29H,5-6,9-11H2,1H3/t15?,19-,20?,21?,22?/m1/s1. The van der Waals surface area contributed by atoms with Crippen LogP contribution in [0.1, 0.15) is 24.8 Å². The van der Waals surface area contributed by atoms with Crippen LogP contribution in [0.5, 0.6) is 0 Å².